The lowest BCUT2D eigenvalue weighted by molar-refractivity contribution is -0.185. The summed E-state index contributed by atoms with van der Waals surface area (Å²) >= 11 is 0. The number of aliphatic hydroxyl groups excluding tert-OH is 2. The third-order valence-corrected chi connectivity index (χ3v) is 3.09. The van der Waals surface area contributed by atoms with Gasteiger partial charge in [0, 0.05) is 0 Å². The molecule has 1 aliphatic rings. The molecule has 0 amide bonds. The van der Waals surface area contributed by atoms with E-state index in [1.807, 2.05) is 0 Å². The third kappa shape index (κ3) is 5.64. The monoisotopic (exact) mass is 324 g/mol. The fourth-order valence-corrected chi connectivity index (χ4v) is 2.25. The van der Waals surface area contributed by atoms with Crippen molar-refractivity contribution >= 4 is 20.8 Å². The first-order valence-electron chi connectivity index (χ1n) is 4.75. The molecule has 0 aromatic heterocycles. The summed E-state index contributed by atoms with van der Waals surface area (Å²) in [4.78, 5) is 0. The number of rotatable bonds is 5. The van der Waals surface area contributed by atoms with Crippen molar-refractivity contribution in [3.05, 3.63) is 0 Å². The highest BCUT2D eigenvalue weighted by molar-refractivity contribution is 7.81. The van der Waals surface area contributed by atoms with Crippen molar-refractivity contribution in [2.24, 2.45) is 0 Å². The highest BCUT2D eigenvalue weighted by Crippen LogP contribution is 2.20. The van der Waals surface area contributed by atoms with Crippen LogP contribution in [-0.4, -0.2) is 73.8 Å². The van der Waals surface area contributed by atoms with Crippen molar-refractivity contribution in [2.45, 2.75) is 24.4 Å². The van der Waals surface area contributed by atoms with Gasteiger partial charge in [-0.25, -0.2) is 8.37 Å². The Morgan fingerprint density at radius 3 is 2.16 bits per heavy atom. The molecule has 114 valence electrons. The van der Waals surface area contributed by atoms with Crippen LogP contribution in [0.4, 0.5) is 0 Å². The maximum atomic E-state index is 10.5. The van der Waals surface area contributed by atoms with E-state index in [1.165, 1.54) is 0 Å². The Balaban J connectivity index is 2.72. The van der Waals surface area contributed by atoms with Crippen LogP contribution in [0.5, 0.6) is 0 Å². The van der Waals surface area contributed by atoms with Gasteiger partial charge in [-0.05, 0) is 0 Å². The Labute approximate surface area is 108 Å². The summed E-state index contributed by atoms with van der Waals surface area (Å²) in [5.41, 5.74) is 0. The van der Waals surface area contributed by atoms with Gasteiger partial charge in [0.1, 0.15) is 24.4 Å². The van der Waals surface area contributed by atoms with Gasteiger partial charge >= 0.3 is 20.8 Å². The molecule has 11 nitrogen and oxygen atoms in total. The van der Waals surface area contributed by atoms with Crippen molar-refractivity contribution < 1.29 is 49.3 Å². The van der Waals surface area contributed by atoms with Gasteiger partial charge < -0.3 is 14.9 Å². The number of hydrogen-bond donors (Lipinski definition) is 4. The quantitative estimate of drug-likeness (QED) is 0.382. The fourth-order valence-electron chi connectivity index (χ4n) is 1.42. The molecule has 1 heterocycles. The zero-order chi connectivity index (χ0) is 14.8. The van der Waals surface area contributed by atoms with Gasteiger partial charge in [0.05, 0.1) is 13.2 Å². The van der Waals surface area contributed by atoms with Gasteiger partial charge in [-0.15, -0.1) is 0 Å². The van der Waals surface area contributed by atoms with Gasteiger partial charge in [-0.3, -0.25) is 9.11 Å². The molecule has 0 aliphatic carbocycles. The first kappa shape index (κ1) is 16.7. The van der Waals surface area contributed by atoms with E-state index in [2.05, 4.69) is 8.37 Å². The molecule has 1 rings (SSSR count). The highest BCUT2D eigenvalue weighted by atomic mass is 32.3. The van der Waals surface area contributed by atoms with Crippen LogP contribution in [0.3, 0.4) is 0 Å². The van der Waals surface area contributed by atoms with Crippen LogP contribution in [0.25, 0.3) is 0 Å². The van der Waals surface area contributed by atoms with Crippen molar-refractivity contribution in [1.82, 2.24) is 0 Å². The van der Waals surface area contributed by atoms with Gasteiger partial charge in [0.2, 0.25) is 0 Å². The summed E-state index contributed by atoms with van der Waals surface area (Å²) in [7, 11) is -9.72. The number of hydrogen-bond acceptors (Lipinski definition) is 9. The average molecular weight is 324 g/mol. The number of ether oxygens (including phenoxy) is 1. The standard InChI is InChI=1S/C6H12O11S2/c7-3-1-15-4(2-16-18(9,10)11)5(8)6(3)17-19(12,13)14/h3-8H,1-2H2,(H,9,10,11)(H,12,13,14)/t3-,4+,5-,6+/m0/s1. The Hall–Kier alpha value is -0.380. The van der Waals surface area contributed by atoms with E-state index < -0.39 is 58.4 Å². The average Bonchev–Trinajstić information content (AvgIpc) is 2.20. The Bertz CT molecular complexity index is 495. The van der Waals surface area contributed by atoms with Crippen LogP contribution >= 0.6 is 0 Å². The molecule has 4 atom stereocenters. The van der Waals surface area contributed by atoms with Crippen LogP contribution in [0, 0.1) is 0 Å². The van der Waals surface area contributed by atoms with Crippen molar-refractivity contribution in [1.29, 1.82) is 0 Å². The summed E-state index contributed by atoms with van der Waals surface area (Å²) in [6.45, 7) is -1.34. The minimum atomic E-state index is -4.94. The predicted molar refractivity (Wildman–Crippen MR) is 55.7 cm³/mol. The summed E-state index contributed by atoms with van der Waals surface area (Å²) in [5.74, 6) is 0. The van der Waals surface area contributed by atoms with Crippen molar-refractivity contribution in [3.63, 3.8) is 0 Å². The van der Waals surface area contributed by atoms with Gasteiger partial charge in [-0.1, -0.05) is 0 Å². The molecule has 1 saturated heterocycles. The second-order valence-electron chi connectivity index (χ2n) is 3.63. The predicted octanol–water partition coefficient (Wildman–Crippen LogP) is -2.89. The van der Waals surface area contributed by atoms with E-state index >= 15 is 0 Å². The van der Waals surface area contributed by atoms with E-state index in [0.29, 0.717) is 0 Å². The molecule has 0 unspecified atom stereocenters. The first-order valence-corrected chi connectivity index (χ1v) is 7.48. The van der Waals surface area contributed by atoms with Crippen molar-refractivity contribution in [2.75, 3.05) is 13.2 Å². The molecule has 13 heteroatoms. The lowest BCUT2D eigenvalue weighted by atomic mass is 10.0. The van der Waals surface area contributed by atoms with E-state index in [-0.39, 0.29) is 0 Å². The van der Waals surface area contributed by atoms with E-state index in [1.54, 1.807) is 0 Å². The molecule has 4 N–H and O–H groups in total. The van der Waals surface area contributed by atoms with Crippen molar-refractivity contribution in [3.8, 4) is 0 Å². The normalized spacial score (nSPS) is 33.3. The second kappa shape index (κ2) is 5.94. The van der Waals surface area contributed by atoms with E-state index in [4.69, 9.17) is 13.8 Å². The van der Waals surface area contributed by atoms with E-state index in [9.17, 15) is 27.0 Å². The van der Waals surface area contributed by atoms with Gasteiger partial charge in [-0.2, -0.15) is 16.8 Å². The summed E-state index contributed by atoms with van der Waals surface area (Å²) in [5, 5.41) is 19.0. The molecular formula is C6H12O11S2. The molecule has 0 spiro atoms. The maximum absolute atomic E-state index is 10.5. The Kier molecular flexibility index (Phi) is 5.21. The molecule has 19 heavy (non-hydrogen) atoms. The second-order valence-corrected chi connectivity index (χ2v) is 5.77. The summed E-state index contributed by atoms with van der Waals surface area (Å²) in [6, 6.07) is 0. The molecule has 1 aliphatic heterocycles. The molecular weight excluding hydrogens is 312 g/mol. The molecule has 0 radical (unpaired) electrons. The third-order valence-electron chi connectivity index (χ3n) is 2.19. The minimum absolute atomic E-state index is 0.503. The first-order chi connectivity index (χ1) is 8.49. The topological polar surface area (TPSA) is 177 Å². The minimum Gasteiger partial charge on any atom is -0.388 e. The SMILES string of the molecule is O=S(=O)(O)OC[C@H]1OC[C@H](O)[C@@H](OS(=O)(=O)O)[C@H]1O. The zero-order valence-corrected chi connectivity index (χ0v) is 10.8. The highest BCUT2D eigenvalue weighted by Gasteiger charge is 2.42. The molecule has 0 aromatic rings. The molecule has 0 saturated carbocycles. The lowest BCUT2D eigenvalue weighted by Crippen LogP contribution is -2.56. The molecule has 1 fully saturated rings. The molecule has 0 aromatic carbocycles. The van der Waals surface area contributed by atoms with Crippen LogP contribution in [0.2, 0.25) is 0 Å². The van der Waals surface area contributed by atoms with Crippen LogP contribution in [0.15, 0.2) is 0 Å². The Morgan fingerprint density at radius 2 is 1.68 bits per heavy atom. The smallest absolute Gasteiger partial charge is 0.388 e. The maximum Gasteiger partial charge on any atom is 0.397 e. The fraction of sp³-hybridized carbons (Fsp3) is 1.00. The largest absolute Gasteiger partial charge is 0.397 e. The lowest BCUT2D eigenvalue weighted by Gasteiger charge is -2.36. The van der Waals surface area contributed by atoms with Gasteiger partial charge in [0.25, 0.3) is 0 Å². The summed E-state index contributed by atoms with van der Waals surface area (Å²) in [6.07, 6.45) is -6.54. The zero-order valence-electron chi connectivity index (χ0n) is 9.19. The Morgan fingerprint density at radius 1 is 1.11 bits per heavy atom. The van der Waals surface area contributed by atoms with Gasteiger partial charge in [0.15, 0.2) is 0 Å². The van der Waals surface area contributed by atoms with E-state index in [0.717, 1.165) is 0 Å². The number of aliphatic hydroxyl groups is 2. The van der Waals surface area contributed by atoms with Crippen LogP contribution < -0.4 is 0 Å². The van der Waals surface area contributed by atoms with Crippen LogP contribution in [0.1, 0.15) is 0 Å². The summed E-state index contributed by atoms with van der Waals surface area (Å²) < 4.78 is 71.3. The van der Waals surface area contributed by atoms with Crippen LogP contribution in [-0.2, 0) is 33.9 Å². The molecule has 0 bridgehead atoms.